The lowest BCUT2D eigenvalue weighted by atomic mass is 9.81. The third-order valence-electron chi connectivity index (χ3n) is 10.4. The van der Waals surface area contributed by atoms with Crippen LogP contribution in [0.15, 0.2) is 0 Å². The monoisotopic (exact) mass is 763 g/mol. The molecule has 310 valence electrons. The van der Waals surface area contributed by atoms with Gasteiger partial charge < -0.3 is 24.5 Å². The van der Waals surface area contributed by atoms with Crippen LogP contribution in [0.25, 0.3) is 0 Å². The molecule has 0 fully saturated rings. The van der Waals surface area contributed by atoms with E-state index in [4.69, 9.17) is 4.52 Å². The number of rotatable bonds is 39. The summed E-state index contributed by atoms with van der Waals surface area (Å²) in [5.74, 6) is -1.01. The summed E-state index contributed by atoms with van der Waals surface area (Å²) >= 11 is 0. The van der Waals surface area contributed by atoms with E-state index in [0.29, 0.717) is 12.8 Å². The van der Waals surface area contributed by atoms with E-state index in [2.05, 4.69) is 13.8 Å². The topological polar surface area (TPSA) is 141 Å². The smallest absolute Gasteiger partial charge is 0.387 e. The zero-order chi connectivity index (χ0) is 39.1. The standard InChI is InChI=1S/C42H84NO8P/c1-6-8-10-12-14-16-18-20-21-23-24-26-28-30-32-34-38(44)36-42(47,41(46)39(37-43(3,4)5)51-52(48,49)50)40(45)35-33-31-29-27-25-22-19-17-15-13-11-9-7-2/h39,41,46-47H,6-37H2,1-5H3,(H-,48,49,50)/p+1. The Balaban J connectivity index is 4.85. The molecule has 0 aromatic heterocycles. The molecule has 0 saturated heterocycles. The molecule has 0 amide bonds. The molecule has 0 heterocycles. The van der Waals surface area contributed by atoms with Crippen LogP contribution in [0.1, 0.15) is 213 Å². The van der Waals surface area contributed by atoms with Crippen molar-refractivity contribution >= 4 is 19.4 Å². The first-order valence-corrected chi connectivity index (χ1v) is 23.2. The van der Waals surface area contributed by atoms with Gasteiger partial charge in [0.25, 0.3) is 0 Å². The Kier molecular flexibility index (Phi) is 31.1. The molecule has 0 bridgehead atoms. The molecule has 0 aromatic carbocycles. The third kappa shape index (κ3) is 29.7. The highest BCUT2D eigenvalue weighted by molar-refractivity contribution is 7.46. The van der Waals surface area contributed by atoms with Crippen molar-refractivity contribution in [3.8, 4) is 0 Å². The number of unbranched alkanes of at least 4 members (excludes halogenated alkanes) is 26. The second kappa shape index (κ2) is 31.5. The highest BCUT2D eigenvalue weighted by Gasteiger charge is 2.50. The molecule has 3 unspecified atom stereocenters. The van der Waals surface area contributed by atoms with Gasteiger partial charge in [0.2, 0.25) is 0 Å². The lowest BCUT2D eigenvalue weighted by Crippen LogP contribution is -2.59. The number of carbonyl (C=O) groups is 2. The molecule has 0 rings (SSSR count). The van der Waals surface area contributed by atoms with Gasteiger partial charge in [-0.2, -0.15) is 0 Å². The van der Waals surface area contributed by atoms with Crippen LogP contribution in [-0.2, 0) is 18.7 Å². The molecule has 9 nitrogen and oxygen atoms in total. The maximum atomic E-state index is 13.6. The van der Waals surface area contributed by atoms with E-state index in [1.165, 1.54) is 122 Å². The molecule has 0 radical (unpaired) electrons. The number of Topliss-reactive ketones (excluding diaryl/α,β-unsaturated/α-hetero) is 2. The van der Waals surface area contributed by atoms with E-state index >= 15 is 0 Å². The number of likely N-dealkylation sites (N-methyl/N-ethyl adjacent to an activating group) is 1. The van der Waals surface area contributed by atoms with Gasteiger partial charge in [0.1, 0.15) is 24.5 Å². The molecule has 0 aliphatic rings. The van der Waals surface area contributed by atoms with Crippen molar-refractivity contribution in [1.82, 2.24) is 0 Å². The Labute approximate surface area is 320 Å². The summed E-state index contributed by atoms with van der Waals surface area (Å²) < 4.78 is 16.9. The largest absolute Gasteiger partial charge is 0.470 e. The molecule has 10 heteroatoms. The number of carbonyl (C=O) groups excluding carboxylic acids is 2. The summed E-state index contributed by atoms with van der Waals surface area (Å²) in [5, 5.41) is 23.1. The van der Waals surface area contributed by atoms with Crippen molar-refractivity contribution in [3.05, 3.63) is 0 Å². The predicted molar refractivity (Wildman–Crippen MR) is 215 cm³/mol. The van der Waals surface area contributed by atoms with Crippen LogP contribution in [0.4, 0.5) is 0 Å². The zero-order valence-corrected chi connectivity index (χ0v) is 35.5. The number of ketones is 2. The predicted octanol–water partition coefficient (Wildman–Crippen LogP) is 10.5. The number of aliphatic hydroxyl groups excluding tert-OH is 1. The van der Waals surface area contributed by atoms with E-state index in [1.807, 2.05) is 0 Å². The average molecular weight is 763 g/mol. The molecule has 0 spiro atoms. The lowest BCUT2D eigenvalue weighted by Gasteiger charge is -2.38. The highest BCUT2D eigenvalue weighted by atomic mass is 31.2. The van der Waals surface area contributed by atoms with Gasteiger partial charge in [-0.25, -0.2) is 4.57 Å². The first kappa shape index (κ1) is 51.3. The Morgan fingerprint density at radius 1 is 0.577 bits per heavy atom. The van der Waals surface area contributed by atoms with E-state index in [-0.39, 0.29) is 29.7 Å². The number of hydrogen-bond acceptors (Lipinski definition) is 6. The Bertz CT molecular complexity index is 920. The van der Waals surface area contributed by atoms with Crippen molar-refractivity contribution in [3.63, 3.8) is 0 Å². The number of quaternary nitrogens is 1. The van der Waals surface area contributed by atoms with Gasteiger partial charge in [-0.1, -0.05) is 181 Å². The second-order valence-electron chi connectivity index (χ2n) is 16.8. The molecule has 52 heavy (non-hydrogen) atoms. The van der Waals surface area contributed by atoms with Gasteiger partial charge in [0.05, 0.1) is 21.1 Å². The molecular formula is C42H85NO8P+. The van der Waals surface area contributed by atoms with Gasteiger partial charge in [-0.3, -0.25) is 14.1 Å². The molecule has 3 atom stereocenters. The van der Waals surface area contributed by atoms with E-state index in [9.17, 15) is 34.2 Å². The van der Waals surface area contributed by atoms with Crippen molar-refractivity contribution in [2.45, 2.75) is 231 Å². The average Bonchev–Trinajstić information content (AvgIpc) is 3.06. The van der Waals surface area contributed by atoms with Crippen LogP contribution in [0.3, 0.4) is 0 Å². The number of phosphoric acid groups is 1. The van der Waals surface area contributed by atoms with Crippen LogP contribution >= 0.6 is 7.82 Å². The molecular weight excluding hydrogens is 677 g/mol. The van der Waals surface area contributed by atoms with Crippen molar-refractivity contribution in [2.24, 2.45) is 0 Å². The van der Waals surface area contributed by atoms with Crippen molar-refractivity contribution in [2.75, 3.05) is 27.7 Å². The minimum Gasteiger partial charge on any atom is -0.387 e. The summed E-state index contributed by atoms with van der Waals surface area (Å²) in [4.78, 5) is 45.9. The van der Waals surface area contributed by atoms with E-state index < -0.39 is 37.8 Å². The molecule has 0 saturated carbocycles. The van der Waals surface area contributed by atoms with Crippen LogP contribution in [0.5, 0.6) is 0 Å². The Morgan fingerprint density at radius 3 is 1.19 bits per heavy atom. The summed E-state index contributed by atoms with van der Waals surface area (Å²) in [6, 6.07) is 0. The van der Waals surface area contributed by atoms with E-state index in [0.717, 1.165) is 44.9 Å². The fourth-order valence-electron chi connectivity index (χ4n) is 7.18. The van der Waals surface area contributed by atoms with Crippen molar-refractivity contribution in [1.29, 1.82) is 0 Å². The van der Waals surface area contributed by atoms with Gasteiger partial charge in [0.15, 0.2) is 11.4 Å². The van der Waals surface area contributed by atoms with Gasteiger partial charge in [0, 0.05) is 19.3 Å². The first-order valence-electron chi connectivity index (χ1n) is 21.7. The second-order valence-corrected chi connectivity index (χ2v) is 18.0. The first-order chi connectivity index (χ1) is 24.7. The quantitative estimate of drug-likeness (QED) is 0.0275. The van der Waals surface area contributed by atoms with Gasteiger partial charge in [-0.05, 0) is 12.8 Å². The summed E-state index contributed by atoms with van der Waals surface area (Å²) in [6.45, 7) is 4.39. The van der Waals surface area contributed by atoms with Crippen LogP contribution in [0.2, 0.25) is 0 Å². The molecule has 0 aliphatic heterocycles. The maximum Gasteiger partial charge on any atom is 0.470 e. The number of phosphoric ester groups is 1. The normalized spacial score (nSPS) is 14.7. The summed E-state index contributed by atoms with van der Waals surface area (Å²) in [6.07, 6.45) is 29.0. The van der Waals surface area contributed by atoms with Gasteiger partial charge in [-0.15, -0.1) is 0 Å². The molecule has 0 aromatic rings. The highest BCUT2D eigenvalue weighted by Crippen LogP contribution is 2.40. The molecule has 4 N–H and O–H groups in total. The lowest BCUT2D eigenvalue weighted by molar-refractivity contribution is -0.873. The Morgan fingerprint density at radius 2 is 0.885 bits per heavy atom. The number of nitrogens with zero attached hydrogens (tertiary/aromatic N) is 1. The zero-order valence-electron chi connectivity index (χ0n) is 34.6. The number of hydrogen-bond donors (Lipinski definition) is 4. The fourth-order valence-corrected chi connectivity index (χ4v) is 7.72. The Hall–Kier alpha value is -0.670. The number of aliphatic hydroxyl groups is 2. The van der Waals surface area contributed by atoms with Crippen LogP contribution < -0.4 is 0 Å². The third-order valence-corrected chi connectivity index (χ3v) is 10.9. The minimum absolute atomic E-state index is 0.0232. The van der Waals surface area contributed by atoms with Gasteiger partial charge >= 0.3 is 7.82 Å². The summed E-state index contributed by atoms with van der Waals surface area (Å²) in [5.41, 5.74) is -2.49. The van der Waals surface area contributed by atoms with Crippen molar-refractivity contribution < 1.29 is 43.2 Å². The minimum atomic E-state index is -5.07. The molecule has 0 aliphatic carbocycles. The van der Waals surface area contributed by atoms with Crippen LogP contribution in [0, 0.1) is 0 Å². The summed E-state index contributed by atoms with van der Waals surface area (Å²) in [7, 11) is 0.176. The maximum absolute atomic E-state index is 13.6. The van der Waals surface area contributed by atoms with E-state index in [1.54, 1.807) is 21.1 Å². The van der Waals surface area contributed by atoms with Crippen LogP contribution in [-0.4, -0.2) is 81.5 Å². The SMILES string of the molecule is CCCCCCCCCCCCCCCCCC(=O)CC(O)(C(=O)CCCCCCCCCCCCCCC)C(O)C(C[N+](C)(C)C)OP(=O)(O)O. The fraction of sp³-hybridized carbons (Fsp3) is 0.952.